The monoisotopic (exact) mass is 311 g/mol. The van der Waals surface area contributed by atoms with Crippen LogP contribution in [0.5, 0.6) is 0 Å². The molecule has 4 nitrogen and oxygen atoms in total. The fourth-order valence-corrected chi connectivity index (χ4v) is 4.27. The van der Waals surface area contributed by atoms with Crippen LogP contribution in [0.2, 0.25) is 0 Å². The Morgan fingerprint density at radius 3 is 2.87 bits per heavy atom. The molecular formula is C19H25N3O. The average molecular weight is 311 g/mol. The van der Waals surface area contributed by atoms with E-state index in [1.165, 1.54) is 35.9 Å². The highest BCUT2D eigenvalue weighted by atomic mass is 16.2. The fraction of sp³-hybridized carbons (Fsp3) is 0.526. The van der Waals surface area contributed by atoms with Crippen LogP contribution >= 0.6 is 0 Å². The molecule has 4 heteroatoms. The zero-order chi connectivity index (χ0) is 16.0. The van der Waals surface area contributed by atoms with Crippen molar-refractivity contribution in [2.75, 3.05) is 26.7 Å². The maximum Gasteiger partial charge on any atom is 0.328 e. The maximum absolute atomic E-state index is 12.8. The van der Waals surface area contributed by atoms with Crippen molar-refractivity contribution in [3.63, 3.8) is 0 Å². The summed E-state index contributed by atoms with van der Waals surface area (Å²) in [4.78, 5) is 17.2. The number of aromatic nitrogens is 1. The SMILES string of the molecule is CCCCCN1CCc2c3n(c4ccccc24)C(=O)N(C)CC31. The van der Waals surface area contributed by atoms with E-state index < -0.39 is 0 Å². The third-order valence-electron chi connectivity index (χ3n) is 5.44. The van der Waals surface area contributed by atoms with Crippen LogP contribution in [0.15, 0.2) is 24.3 Å². The molecule has 23 heavy (non-hydrogen) atoms. The van der Waals surface area contributed by atoms with Gasteiger partial charge in [-0.25, -0.2) is 4.79 Å². The van der Waals surface area contributed by atoms with E-state index in [0.717, 1.165) is 31.6 Å². The van der Waals surface area contributed by atoms with Gasteiger partial charge in [-0.1, -0.05) is 38.0 Å². The van der Waals surface area contributed by atoms with Crippen molar-refractivity contribution in [3.8, 4) is 0 Å². The van der Waals surface area contributed by atoms with Crippen LogP contribution in [-0.4, -0.2) is 47.1 Å². The van der Waals surface area contributed by atoms with Gasteiger partial charge < -0.3 is 4.90 Å². The summed E-state index contributed by atoms with van der Waals surface area (Å²) in [5, 5.41) is 1.27. The summed E-state index contributed by atoms with van der Waals surface area (Å²) >= 11 is 0. The van der Waals surface area contributed by atoms with Crippen molar-refractivity contribution in [2.45, 2.75) is 38.6 Å². The quantitative estimate of drug-likeness (QED) is 0.807. The second-order valence-electron chi connectivity index (χ2n) is 6.89. The lowest BCUT2D eigenvalue weighted by molar-refractivity contribution is 0.123. The number of likely N-dealkylation sites (N-methyl/N-ethyl adjacent to an activating group) is 1. The number of para-hydroxylation sites is 1. The number of nitrogens with zero attached hydrogens (tertiary/aromatic N) is 3. The number of carbonyl (C=O) groups excluding carboxylic acids is 1. The van der Waals surface area contributed by atoms with Crippen molar-refractivity contribution in [1.82, 2.24) is 14.4 Å². The Morgan fingerprint density at radius 2 is 2.04 bits per heavy atom. The van der Waals surface area contributed by atoms with Crippen molar-refractivity contribution in [1.29, 1.82) is 0 Å². The lowest BCUT2D eigenvalue weighted by atomic mass is 9.95. The molecule has 2 aliphatic heterocycles. The Morgan fingerprint density at radius 1 is 1.22 bits per heavy atom. The van der Waals surface area contributed by atoms with Gasteiger partial charge in [0.05, 0.1) is 17.3 Å². The number of hydrogen-bond donors (Lipinski definition) is 0. The predicted molar refractivity (Wildman–Crippen MR) is 92.9 cm³/mol. The number of benzene rings is 1. The van der Waals surface area contributed by atoms with Crippen LogP contribution in [0.4, 0.5) is 4.79 Å². The Labute approximate surface area is 137 Å². The summed E-state index contributed by atoms with van der Waals surface area (Å²) < 4.78 is 1.98. The first-order chi connectivity index (χ1) is 11.2. The van der Waals surface area contributed by atoms with Crippen LogP contribution in [-0.2, 0) is 6.42 Å². The van der Waals surface area contributed by atoms with Crippen LogP contribution in [0, 0.1) is 0 Å². The molecule has 1 unspecified atom stereocenters. The van der Waals surface area contributed by atoms with Crippen molar-refractivity contribution in [2.24, 2.45) is 0 Å². The third kappa shape index (κ3) is 2.19. The topological polar surface area (TPSA) is 28.5 Å². The molecule has 0 aliphatic carbocycles. The highest BCUT2D eigenvalue weighted by molar-refractivity contribution is 5.96. The lowest BCUT2D eigenvalue weighted by Crippen LogP contribution is -2.49. The smallest absolute Gasteiger partial charge is 0.325 e. The van der Waals surface area contributed by atoms with Gasteiger partial charge in [-0.2, -0.15) is 0 Å². The number of amides is 1. The molecule has 0 saturated heterocycles. The van der Waals surface area contributed by atoms with E-state index in [1.54, 1.807) is 0 Å². The molecule has 0 N–H and O–H groups in total. The lowest BCUT2D eigenvalue weighted by Gasteiger charge is -2.42. The zero-order valence-electron chi connectivity index (χ0n) is 14.1. The largest absolute Gasteiger partial charge is 0.328 e. The molecule has 0 saturated carbocycles. The van der Waals surface area contributed by atoms with E-state index in [1.807, 2.05) is 22.6 Å². The second kappa shape index (κ2) is 5.68. The van der Waals surface area contributed by atoms with Crippen LogP contribution in [0.25, 0.3) is 10.9 Å². The number of unbranched alkanes of at least 4 members (excludes halogenated alkanes) is 2. The van der Waals surface area contributed by atoms with E-state index in [4.69, 9.17) is 0 Å². The summed E-state index contributed by atoms with van der Waals surface area (Å²) in [5.74, 6) is 0. The van der Waals surface area contributed by atoms with Crippen molar-refractivity contribution in [3.05, 3.63) is 35.5 Å². The fourth-order valence-electron chi connectivity index (χ4n) is 4.27. The minimum Gasteiger partial charge on any atom is -0.325 e. The molecule has 3 heterocycles. The molecule has 2 aliphatic rings. The van der Waals surface area contributed by atoms with Crippen LogP contribution < -0.4 is 0 Å². The first-order valence-corrected chi connectivity index (χ1v) is 8.84. The summed E-state index contributed by atoms with van der Waals surface area (Å²) in [7, 11) is 1.93. The summed E-state index contributed by atoms with van der Waals surface area (Å²) in [6, 6.07) is 8.85. The third-order valence-corrected chi connectivity index (χ3v) is 5.44. The Bertz CT molecular complexity index is 748. The molecule has 1 aromatic carbocycles. The number of fused-ring (bicyclic) bond motifs is 3. The Hall–Kier alpha value is -1.81. The van der Waals surface area contributed by atoms with Crippen molar-refractivity contribution < 1.29 is 4.79 Å². The molecule has 2 aromatic rings. The van der Waals surface area contributed by atoms with Gasteiger partial charge in [0, 0.05) is 25.5 Å². The van der Waals surface area contributed by atoms with Gasteiger partial charge in [0.1, 0.15) is 0 Å². The minimum atomic E-state index is 0.120. The molecule has 0 spiro atoms. The zero-order valence-corrected chi connectivity index (χ0v) is 14.1. The van der Waals surface area contributed by atoms with Gasteiger partial charge in [0.25, 0.3) is 0 Å². The molecule has 1 amide bonds. The van der Waals surface area contributed by atoms with Gasteiger partial charge in [0.2, 0.25) is 0 Å². The van der Waals surface area contributed by atoms with E-state index in [-0.39, 0.29) is 6.03 Å². The number of rotatable bonds is 4. The molecule has 1 aromatic heterocycles. The number of hydrogen-bond acceptors (Lipinski definition) is 2. The van der Waals surface area contributed by atoms with E-state index in [9.17, 15) is 4.79 Å². The molecule has 4 rings (SSSR count). The molecule has 0 radical (unpaired) electrons. The minimum absolute atomic E-state index is 0.120. The highest BCUT2D eigenvalue weighted by Gasteiger charge is 2.39. The van der Waals surface area contributed by atoms with Crippen LogP contribution in [0.1, 0.15) is 43.5 Å². The molecule has 122 valence electrons. The van der Waals surface area contributed by atoms with E-state index in [2.05, 4.69) is 30.0 Å². The molecule has 0 bridgehead atoms. The first kappa shape index (κ1) is 14.8. The normalized spacial score (nSPS) is 21.0. The van der Waals surface area contributed by atoms with Gasteiger partial charge in [-0.15, -0.1) is 0 Å². The summed E-state index contributed by atoms with van der Waals surface area (Å²) in [6.45, 7) is 5.31. The van der Waals surface area contributed by atoms with E-state index in [0.29, 0.717) is 6.04 Å². The summed E-state index contributed by atoms with van der Waals surface area (Å²) in [6.07, 6.45) is 4.85. The standard InChI is InChI=1S/C19H25N3O/c1-3-4-7-11-21-12-10-15-14-8-5-6-9-16(14)22-18(15)17(21)13-20(2)19(22)23/h5-6,8-9,17H,3-4,7,10-13H2,1-2H3. The Kier molecular flexibility index (Phi) is 3.64. The van der Waals surface area contributed by atoms with Gasteiger partial charge >= 0.3 is 6.03 Å². The summed E-state index contributed by atoms with van der Waals surface area (Å²) in [5.41, 5.74) is 3.74. The van der Waals surface area contributed by atoms with Crippen LogP contribution in [0.3, 0.4) is 0 Å². The van der Waals surface area contributed by atoms with Gasteiger partial charge in [-0.05, 0) is 31.0 Å². The molecule has 0 fully saturated rings. The molecular weight excluding hydrogens is 286 g/mol. The average Bonchev–Trinajstić information content (AvgIpc) is 2.90. The van der Waals surface area contributed by atoms with Gasteiger partial charge in [0.15, 0.2) is 0 Å². The Balaban J connectivity index is 1.81. The number of carbonyl (C=O) groups is 1. The van der Waals surface area contributed by atoms with E-state index >= 15 is 0 Å². The second-order valence-corrected chi connectivity index (χ2v) is 6.89. The first-order valence-electron chi connectivity index (χ1n) is 8.84. The highest BCUT2D eigenvalue weighted by Crippen LogP contribution is 2.40. The van der Waals surface area contributed by atoms with Crippen molar-refractivity contribution >= 4 is 16.9 Å². The van der Waals surface area contributed by atoms with Gasteiger partial charge in [-0.3, -0.25) is 9.47 Å². The molecule has 1 atom stereocenters. The predicted octanol–water partition coefficient (Wildman–Crippen LogP) is 3.64. The maximum atomic E-state index is 12.8.